The third-order valence-electron chi connectivity index (χ3n) is 2.38. The summed E-state index contributed by atoms with van der Waals surface area (Å²) in [6, 6.07) is 8.13. The van der Waals surface area contributed by atoms with Gasteiger partial charge in [-0.2, -0.15) is 0 Å². The predicted molar refractivity (Wildman–Crippen MR) is 80.2 cm³/mol. The summed E-state index contributed by atoms with van der Waals surface area (Å²) in [5.74, 6) is -0.778. The summed E-state index contributed by atoms with van der Waals surface area (Å²) in [5.41, 5.74) is 0.732. The van der Waals surface area contributed by atoms with Gasteiger partial charge in [-0.05, 0) is 52.9 Å². The van der Waals surface area contributed by atoms with Crippen LogP contribution in [0.4, 0.5) is 10.1 Å². The molecule has 0 heterocycles. The second-order valence-electron chi connectivity index (χ2n) is 3.74. The molecular formula is C13H8ClFINO2. The second kappa shape index (κ2) is 5.75. The number of amides is 1. The smallest absolute Gasteiger partial charge is 0.256 e. The monoisotopic (exact) mass is 391 g/mol. The van der Waals surface area contributed by atoms with Crippen LogP contribution in [0, 0.1) is 9.39 Å². The molecule has 0 atom stereocenters. The molecule has 2 N–H and O–H groups in total. The van der Waals surface area contributed by atoms with Crippen molar-refractivity contribution in [2.75, 3.05) is 5.32 Å². The van der Waals surface area contributed by atoms with E-state index in [0.29, 0.717) is 14.8 Å². The third-order valence-corrected chi connectivity index (χ3v) is 3.58. The quantitative estimate of drug-likeness (QED) is 0.600. The van der Waals surface area contributed by atoms with Gasteiger partial charge in [-0.25, -0.2) is 4.39 Å². The first kappa shape index (κ1) is 14.1. The van der Waals surface area contributed by atoms with Crippen molar-refractivity contribution in [3.63, 3.8) is 0 Å². The first-order valence-electron chi connectivity index (χ1n) is 5.22. The zero-order valence-corrected chi connectivity index (χ0v) is 12.4. The minimum Gasteiger partial charge on any atom is -0.508 e. The molecule has 0 saturated carbocycles. The lowest BCUT2D eigenvalue weighted by molar-refractivity contribution is 0.102. The van der Waals surface area contributed by atoms with Crippen LogP contribution in [0.5, 0.6) is 5.75 Å². The van der Waals surface area contributed by atoms with Crippen molar-refractivity contribution in [1.29, 1.82) is 0 Å². The molecule has 0 fully saturated rings. The summed E-state index contributed by atoms with van der Waals surface area (Å²) >= 11 is 7.77. The SMILES string of the molecule is O=C(Nc1ccc(O)cc1Cl)c1ccc(F)cc1I. The molecule has 0 spiro atoms. The molecule has 98 valence electrons. The van der Waals surface area contributed by atoms with E-state index in [1.807, 2.05) is 22.6 Å². The summed E-state index contributed by atoms with van der Waals surface area (Å²) in [4.78, 5) is 12.0. The molecule has 3 nitrogen and oxygen atoms in total. The number of carbonyl (C=O) groups excluding carboxylic acids is 1. The van der Waals surface area contributed by atoms with Crippen LogP contribution < -0.4 is 5.32 Å². The Kier molecular flexibility index (Phi) is 4.26. The van der Waals surface area contributed by atoms with E-state index in [2.05, 4.69) is 5.32 Å². The van der Waals surface area contributed by atoms with E-state index in [1.54, 1.807) is 0 Å². The van der Waals surface area contributed by atoms with Gasteiger partial charge in [0.25, 0.3) is 5.91 Å². The Bertz CT molecular complexity index is 649. The maximum Gasteiger partial charge on any atom is 0.256 e. The van der Waals surface area contributed by atoms with Crippen molar-refractivity contribution < 1.29 is 14.3 Å². The van der Waals surface area contributed by atoms with Gasteiger partial charge in [0.15, 0.2) is 0 Å². The maximum atomic E-state index is 13.0. The van der Waals surface area contributed by atoms with Gasteiger partial charge in [0.1, 0.15) is 11.6 Å². The second-order valence-corrected chi connectivity index (χ2v) is 5.31. The average Bonchev–Trinajstić information content (AvgIpc) is 2.32. The molecule has 0 aliphatic heterocycles. The Hall–Kier alpha value is -1.34. The topological polar surface area (TPSA) is 49.3 Å². The van der Waals surface area contributed by atoms with Crippen LogP contribution in [0.2, 0.25) is 5.02 Å². The molecule has 1 amide bonds. The zero-order chi connectivity index (χ0) is 14.0. The van der Waals surface area contributed by atoms with Crippen LogP contribution in [0.1, 0.15) is 10.4 Å². The number of hydrogen-bond acceptors (Lipinski definition) is 2. The van der Waals surface area contributed by atoms with Crippen LogP contribution >= 0.6 is 34.2 Å². The number of carbonyl (C=O) groups is 1. The number of hydrogen-bond donors (Lipinski definition) is 2. The van der Waals surface area contributed by atoms with Gasteiger partial charge in [0, 0.05) is 9.64 Å². The highest BCUT2D eigenvalue weighted by Gasteiger charge is 2.12. The molecule has 2 aromatic carbocycles. The van der Waals surface area contributed by atoms with E-state index in [1.165, 1.54) is 36.4 Å². The van der Waals surface area contributed by atoms with Crippen LogP contribution in [0.3, 0.4) is 0 Å². The van der Waals surface area contributed by atoms with Crippen LogP contribution in [-0.2, 0) is 0 Å². The minimum atomic E-state index is -0.399. The zero-order valence-electron chi connectivity index (χ0n) is 9.45. The molecule has 19 heavy (non-hydrogen) atoms. The highest BCUT2D eigenvalue weighted by atomic mass is 127. The molecule has 0 unspecified atom stereocenters. The molecule has 0 saturated heterocycles. The van der Waals surface area contributed by atoms with Gasteiger partial charge in [0.2, 0.25) is 0 Å². The fourth-order valence-corrected chi connectivity index (χ4v) is 2.41. The van der Waals surface area contributed by atoms with Crippen LogP contribution in [-0.4, -0.2) is 11.0 Å². The van der Waals surface area contributed by atoms with Gasteiger partial charge in [0.05, 0.1) is 16.3 Å². The molecule has 0 aliphatic rings. The Morgan fingerprint density at radius 3 is 2.63 bits per heavy atom. The number of anilines is 1. The largest absolute Gasteiger partial charge is 0.508 e. The van der Waals surface area contributed by atoms with E-state index < -0.39 is 11.7 Å². The maximum absolute atomic E-state index is 13.0. The molecule has 0 bridgehead atoms. The molecule has 0 radical (unpaired) electrons. The van der Waals surface area contributed by atoms with Crippen molar-refractivity contribution in [2.24, 2.45) is 0 Å². The van der Waals surface area contributed by atoms with E-state index in [0.717, 1.165) is 0 Å². The van der Waals surface area contributed by atoms with Gasteiger partial charge in [-0.15, -0.1) is 0 Å². The van der Waals surface area contributed by atoms with E-state index >= 15 is 0 Å². The normalized spacial score (nSPS) is 10.3. The van der Waals surface area contributed by atoms with Crippen LogP contribution in [0.15, 0.2) is 36.4 Å². The predicted octanol–water partition coefficient (Wildman–Crippen LogP) is 4.04. The Morgan fingerprint density at radius 1 is 1.26 bits per heavy atom. The number of nitrogens with one attached hydrogen (secondary N) is 1. The van der Waals surface area contributed by atoms with E-state index in [4.69, 9.17) is 11.6 Å². The van der Waals surface area contributed by atoms with Crippen molar-refractivity contribution in [2.45, 2.75) is 0 Å². The third kappa shape index (κ3) is 3.36. The lowest BCUT2D eigenvalue weighted by atomic mass is 10.2. The number of halogens is 3. The van der Waals surface area contributed by atoms with E-state index in [-0.39, 0.29) is 10.8 Å². The number of rotatable bonds is 2. The Labute approximate surface area is 127 Å². The summed E-state index contributed by atoms with van der Waals surface area (Å²) in [5, 5.41) is 12.1. The summed E-state index contributed by atoms with van der Waals surface area (Å²) < 4.78 is 13.5. The van der Waals surface area contributed by atoms with Crippen molar-refractivity contribution >= 4 is 45.8 Å². The summed E-state index contributed by atoms with van der Waals surface area (Å²) in [7, 11) is 0. The highest BCUT2D eigenvalue weighted by Crippen LogP contribution is 2.26. The number of phenolic OH excluding ortho intramolecular Hbond substituents is 1. The molecule has 0 aliphatic carbocycles. The van der Waals surface area contributed by atoms with Gasteiger partial charge in [-0.1, -0.05) is 11.6 Å². The lowest BCUT2D eigenvalue weighted by Gasteiger charge is -2.08. The van der Waals surface area contributed by atoms with Gasteiger partial charge in [-0.3, -0.25) is 4.79 Å². The van der Waals surface area contributed by atoms with Crippen molar-refractivity contribution in [3.8, 4) is 5.75 Å². The summed E-state index contributed by atoms with van der Waals surface area (Å²) in [6.07, 6.45) is 0. The lowest BCUT2D eigenvalue weighted by Crippen LogP contribution is -2.13. The Balaban J connectivity index is 2.25. The molecular weight excluding hydrogens is 384 g/mol. The van der Waals surface area contributed by atoms with Gasteiger partial charge < -0.3 is 10.4 Å². The molecule has 2 rings (SSSR count). The first-order chi connectivity index (χ1) is 8.97. The fourth-order valence-electron chi connectivity index (χ4n) is 1.47. The fraction of sp³-hybridized carbons (Fsp3) is 0. The molecule has 2 aromatic rings. The van der Waals surface area contributed by atoms with Gasteiger partial charge >= 0.3 is 0 Å². The highest BCUT2D eigenvalue weighted by molar-refractivity contribution is 14.1. The van der Waals surface area contributed by atoms with Crippen molar-refractivity contribution in [3.05, 3.63) is 56.4 Å². The van der Waals surface area contributed by atoms with Crippen molar-refractivity contribution in [1.82, 2.24) is 0 Å². The minimum absolute atomic E-state index is 0.0133. The Morgan fingerprint density at radius 2 is 2.00 bits per heavy atom. The number of phenols is 1. The number of benzene rings is 2. The number of aromatic hydroxyl groups is 1. The average molecular weight is 392 g/mol. The summed E-state index contributed by atoms with van der Waals surface area (Å²) in [6.45, 7) is 0. The standard InChI is InChI=1S/C13H8ClFINO2/c14-10-6-8(18)2-4-12(10)17-13(19)9-3-1-7(15)5-11(9)16/h1-6,18H,(H,17,19). The van der Waals surface area contributed by atoms with Crippen LogP contribution in [0.25, 0.3) is 0 Å². The molecule has 6 heteroatoms. The first-order valence-corrected chi connectivity index (χ1v) is 6.68. The molecule has 0 aromatic heterocycles. The van der Waals surface area contributed by atoms with E-state index in [9.17, 15) is 14.3 Å².